The number of carbonyl (C=O) groups excluding carboxylic acids is 1. The molecule has 1 aromatic rings. The van der Waals surface area contributed by atoms with Crippen molar-refractivity contribution < 1.29 is 27.6 Å². The third-order valence-corrected chi connectivity index (χ3v) is 2.59. The quantitative estimate of drug-likeness (QED) is 0.282. The molecular formula is C10H7ClF3NO4. The summed E-state index contributed by atoms with van der Waals surface area (Å²) < 4.78 is 41.6. The second-order valence-electron chi connectivity index (χ2n) is 3.46. The van der Waals surface area contributed by atoms with E-state index in [1.165, 1.54) is 24.3 Å². The van der Waals surface area contributed by atoms with E-state index in [4.69, 9.17) is 11.6 Å². The van der Waals surface area contributed by atoms with Crippen LogP contribution in [-0.2, 0) is 4.74 Å². The molecule has 0 N–H and O–H groups in total. The normalized spacial score (nSPS) is 14.5. The average molecular weight is 298 g/mol. The molecule has 19 heavy (non-hydrogen) atoms. The van der Waals surface area contributed by atoms with Gasteiger partial charge in [0.25, 0.3) is 0 Å². The topological polar surface area (TPSA) is 69.4 Å². The van der Waals surface area contributed by atoms with E-state index in [9.17, 15) is 28.1 Å². The van der Waals surface area contributed by atoms with Gasteiger partial charge in [-0.3, -0.25) is 10.1 Å². The summed E-state index contributed by atoms with van der Waals surface area (Å²) in [6.45, 7) is -1.61. The Morgan fingerprint density at radius 1 is 1.32 bits per heavy atom. The lowest BCUT2D eigenvalue weighted by molar-refractivity contribution is -0.586. The molecule has 104 valence electrons. The number of carbonyl (C=O) groups is 1. The van der Waals surface area contributed by atoms with Gasteiger partial charge in [0.15, 0.2) is 6.61 Å². The highest BCUT2D eigenvalue weighted by molar-refractivity contribution is 6.23. The molecule has 0 aliphatic carbocycles. The first kappa shape index (κ1) is 15.2. The molecule has 1 unspecified atom stereocenters. The Balaban J connectivity index is 2.80. The van der Waals surface area contributed by atoms with E-state index in [2.05, 4.69) is 4.74 Å². The molecule has 1 rings (SSSR count). The van der Waals surface area contributed by atoms with Crippen LogP contribution in [-0.4, -0.2) is 28.7 Å². The molecule has 0 aliphatic rings. The zero-order valence-electron chi connectivity index (χ0n) is 9.19. The van der Waals surface area contributed by atoms with Crippen molar-refractivity contribution in [3.8, 4) is 0 Å². The lowest BCUT2D eigenvalue weighted by Crippen LogP contribution is -2.51. The lowest BCUT2D eigenvalue weighted by Gasteiger charge is -2.20. The summed E-state index contributed by atoms with van der Waals surface area (Å²) in [5, 5.41) is 10.4. The summed E-state index contributed by atoms with van der Waals surface area (Å²) in [5.74, 6) is -1.13. The number of rotatable bonds is 4. The molecule has 5 nitrogen and oxygen atoms in total. The zero-order valence-corrected chi connectivity index (χ0v) is 9.94. The van der Waals surface area contributed by atoms with E-state index in [-0.39, 0.29) is 5.56 Å². The molecule has 0 spiro atoms. The molecule has 0 heterocycles. The van der Waals surface area contributed by atoms with Crippen LogP contribution >= 0.6 is 11.6 Å². The fraction of sp³-hybridized carbons (Fsp3) is 0.300. The average Bonchev–Trinajstić information content (AvgIpc) is 2.34. The molecule has 1 aromatic carbocycles. The number of benzene rings is 1. The number of hydrogen-bond acceptors (Lipinski definition) is 4. The standard InChI is InChI=1S/C10H7ClF3NO4/c11-9(15(17)18,10(12,13)14)6-19-8(16)7-4-2-1-3-5-7/h1-5H,6H2. The van der Waals surface area contributed by atoms with Crippen LogP contribution in [0.4, 0.5) is 13.2 Å². The minimum absolute atomic E-state index is 0.0351. The third kappa shape index (κ3) is 3.34. The molecule has 0 aromatic heterocycles. The molecule has 0 fully saturated rings. The first-order valence-electron chi connectivity index (χ1n) is 4.81. The van der Waals surface area contributed by atoms with Crippen molar-refractivity contribution in [3.63, 3.8) is 0 Å². The maximum atomic E-state index is 12.4. The molecule has 1 atom stereocenters. The van der Waals surface area contributed by atoms with Gasteiger partial charge in [0.1, 0.15) is 0 Å². The van der Waals surface area contributed by atoms with Crippen molar-refractivity contribution in [2.75, 3.05) is 6.61 Å². The van der Waals surface area contributed by atoms with Gasteiger partial charge in [0.05, 0.1) is 10.5 Å². The van der Waals surface area contributed by atoms with E-state index in [1.807, 2.05) is 0 Å². The van der Waals surface area contributed by atoms with Crippen molar-refractivity contribution >= 4 is 17.6 Å². The summed E-state index contributed by atoms with van der Waals surface area (Å²) >= 11 is 4.88. The van der Waals surface area contributed by atoms with Gasteiger partial charge < -0.3 is 4.74 Å². The Morgan fingerprint density at radius 2 is 1.84 bits per heavy atom. The number of halogens is 4. The molecule has 0 bridgehead atoms. The number of ether oxygens (including phenoxy) is 1. The molecule has 0 radical (unpaired) electrons. The fourth-order valence-corrected chi connectivity index (χ4v) is 1.11. The Hall–Kier alpha value is -1.83. The highest BCUT2D eigenvalue weighted by Gasteiger charge is 2.66. The summed E-state index contributed by atoms with van der Waals surface area (Å²) in [6.07, 6.45) is -5.35. The molecule has 9 heteroatoms. The Labute approximate surface area is 110 Å². The number of esters is 1. The largest absolute Gasteiger partial charge is 0.480 e. The van der Waals surface area contributed by atoms with E-state index in [0.717, 1.165) is 0 Å². The summed E-state index contributed by atoms with van der Waals surface area (Å²) in [4.78, 5) is 16.2. The van der Waals surface area contributed by atoms with Crippen LogP contribution in [0.15, 0.2) is 30.3 Å². The molecular weight excluding hydrogens is 291 g/mol. The van der Waals surface area contributed by atoms with Crippen LogP contribution in [0.1, 0.15) is 10.4 Å². The van der Waals surface area contributed by atoms with Gasteiger partial charge in [-0.25, -0.2) is 4.79 Å². The Bertz CT molecular complexity index is 479. The molecule has 0 saturated heterocycles. The van der Waals surface area contributed by atoms with Crippen molar-refractivity contribution in [2.45, 2.75) is 11.2 Å². The lowest BCUT2D eigenvalue weighted by atomic mass is 10.2. The van der Waals surface area contributed by atoms with Crippen LogP contribution in [0.5, 0.6) is 0 Å². The van der Waals surface area contributed by atoms with Crippen molar-refractivity contribution in [1.29, 1.82) is 0 Å². The van der Waals surface area contributed by atoms with Crippen LogP contribution in [0.3, 0.4) is 0 Å². The summed E-state index contributed by atoms with van der Waals surface area (Å²) in [5.41, 5.74) is -0.0351. The zero-order chi connectivity index (χ0) is 14.7. The summed E-state index contributed by atoms with van der Waals surface area (Å²) in [7, 11) is 0. The Kier molecular flexibility index (Phi) is 4.35. The van der Waals surface area contributed by atoms with Crippen molar-refractivity contribution in [2.24, 2.45) is 0 Å². The van der Waals surface area contributed by atoms with E-state index >= 15 is 0 Å². The predicted octanol–water partition coefficient (Wildman–Crippen LogP) is 2.62. The smallest absolute Gasteiger partial charge is 0.453 e. The van der Waals surface area contributed by atoms with E-state index in [1.54, 1.807) is 6.07 Å². The molecule has 0 aliphatic heterocycles. The van der Waals surface area contributed by atoms with Gasteiger partial charge in [-0.2, -0.15) is 13.2 Å². The van der Waals surface area contributed by atoms with Crippen molar-refractivity contribution in [1.82, 2.24) is 0 Å². The number of alkyl halides is 4. The SMILES string of the molecule is O=C(OCC(Cl)([N+](=O)[O-])C(F)(F)F)c1ccccc1. The van der Waals surface area contributed by atoms with Crippen molar-refractivity contribution in [3.05, 3.63) is 46.0 Å². The first-order chi connectivity index (χ1) is 8.68. The second-order valence-corrected chi connectivity index (χ2v) is 4.08. The van der Waals surface area contributed by atoms with Crippen LogP contribution in [0.2, 0.25) is 0 Å². The fourth-order valence-electron chi connectivity index (χ4n) is 1.06. The van der Waals surface area contributed by atoms with Gasteiger partial charge in [-0.05, 0) is 23.7 Å². The maximum Gasteiger partial charge on any atom is 0.480 e. The minimum Gasteiger partial charge on any atom is -0.453 e. The highest BCUT2D eigenvalue weighted by atomic mass is 35.5. The number of hydrogen-bond donors (Lipinski definition) is 0. The van der Waals surface area contributed by atoms with Gasteiger partial charge in [0, 0.05) is 0 Å². The van der Waals surface area contributed by atoms with Crippen LogP contribution in [0.25, 0.3) is 0 Å². The molecule has 0 saturated carbocycles. The van der Waals surface area contributed by atoms with Gasteiger partial charge in [-0.1, -0.05) is 18.2 Å². The first-order valence-corrected chi connectivity index (χ1v) is 5.18. The summed E-state index contributed by atoms with van der Waals surface area (Å²) in [6, 6.07) is 7.08. The van der Waals surface area contributed by atoms with E-state index < -0.39 is 28.7 Å². The highest BCUT2D eigenvalue weighted by Crippen LogP contribution is 2.37. The van der Waals surface area contributed by atoms with Gasteiger partial charge >= 0.3 is 17.1 Å². The second kappa shape index (κ2) is 5.43. The van der Waals surface area contributed by atoms with Crippen LogP contribution < -0.4 is 0 Å². The van der Waals surface area contributed by atoms with E-state index in [0.29, 0.717) is 0 Å². The Morgan fingerprint density at radius 3 is 2.26 bits per heavy atom. The minimum atomic E-state index is -5.35. The predicted molar refractivity (Wildman–Crippen MR) is 58.4 cm³/mol. The van der Waals surface area contributed by atoms with Gasteiger partial charge in [0.2, 0.25) is 0 Å². The number of nitrogens with zero attached hydrogens (tertiary/aromatic N) is 1. The number of nitro groups is 1. The van der Waals surface area contributed by atoms with Crippen LogP contribution in [0, 0.1) is 10.1 Å². The maximum absolute atomic E-state index is 12.4. The van der Waals surface area contributed by atoms with Gasteiger partial charge in [-0.15, -0.1) is 0 Å². The monoisotopic (exact) mass is 297 g/mol. The molecule has 0 amide bonds. The third-order valence-electron chi connectivity index (χ3n) is 2.13.